The molecule has 3 aromatic rings. The number of carbonyl (C=O) groups is 1. The summed E-state index contributed by atoms with van der Waals surface area (Å²) in [6, 6.07) is 14.8. The lowest BCUT2D eigenvalue weighted by atomic mass is 9.85. The van der Waals surface area contributed by atoms with Gasteiger partial charge in [0.25, 0.3) is 5.89 Å². The van der Waals surface area contributed by atoms with Crippen LogP contribution in [0.2, 0.25) is 0 Å². The summed E-state index contributed by atoms with van der Waals surface area (Å²) in [4.78, 5) is 16.5. The lowest BCUT2D eigenvalue weighted by Crippen LogP contribution is -2.26. The predicted molar refractivity (Wildman–Crippen MR) is 93.9 cm³/mol. The maximum absolute atomic E-state index is 12.1. The second-order valence-corrected chi connectivity index (χ2v) is 6.69. The Balaban J connectivity index is 1.68. The first-order valence-electron chi connectivity index (χ1n) is 8.07. The monoisotopic (exact) mass is 334 g/mol. The average Bonchev–Trinajstić information content (AvgIpc) is 3.19. The number of fused-ring (bicyclic) bond motifs is 1. The molecule has 2 aromatic carbocycles. The Kier molecular flexibility index (Phi) is 3.43. The Morgan fingerprint density at radius 1 is 1.16 bits per heavy atom. The lowest BCUT2D eigenvalue weighted by molar-refractivity contribution is -0.119. The summed E-state index contributed by atoms with van der Waals surface area (Å²) in [6.07, 6.45) is 0. The van der Waals surface area contributed by atoms with Crippen molar-refractivity contribution in [2.75, 3.05) is 5.32 Å². The number of rotatable bonds is 3. The molecule has 0 spiro atoms. The van der Waals surface area contributed by atoms with E-state index in [0.29, 0.717) is 11.7 Å². The van der Waals surface area contributed by atoms with Crippen LogP contribution in [-0.2, 0) is 10.2 Å². The summed E-state index contributed by atoms with van der Waals surface area (Å²) in [7, 11) is 0. The number of nitrogens with one attached hydrogen (secondary N) is 1. The van der Waals surface area contributed by atoms with Crippen LogP contribution in [0.1, 0.15) is 36.8 Å². The van der Waals surface area contributed by atoms with Crippen molar-refractivity contribution in [2.45, 2.75) is 25.3 Å². The third-order valence-corrected chi connectivity index (χ3v) is 4.63. The molecule has 1 aliphatic heterocycles. The second kappa shape index (κ2) is 5.53. The Labute approximate surface area is 145 Å². The number of aromatic nitrogens is 2. The predicted octanol–water partition coefficient (Wildman–Crippen LogP) is 3.01. The molecule has 6 heteroatoms. The molecule has 6 nitrogen and oxygen atoms in total. The van der Waals surface area contributed by atoms with Crippen molar-refractivity contribution in [3.05, 3.63) is 65.5 Å². The quantitative estimate of drug-likeness (QED) is 0.768. The van der Waals surface area contributed by atoms with Gasteiger partial charge in [-0.3, -0.25) is 4.79 Å². The van der Waals surface area contributed by atoms with Crippen LogP contribution >= 0.6 is 0 Å². The van der Waals surface area contributed by atoms with Crippen molar-refractivity contribution in [3.8, 4) is 11.5 Å². The SMILES string of the molecule is CC1(C)C(=O)Nc2ccc(-c3nc(C(N)c4ccccc4)no3)cc21. The first-order valence-corrected chi connectivity index (χ1v) is 8.07. The number of benzene rings is 2. The number of nitrogens with zero attached hydrogens (tertiary/aromatic N) is 2. The molecule has 0 saturated carbocycles. The fourth-order valence-corrected chi connectivity index (χ4v) is 2.99. The van der Waals surface area contributed by atoms with Crippen molar-refractivity contribution < 1.29 is 9.32 Å². The zero-order valence-electron chi connectivity index (χ0n) is 14.0. The zero-order chi connectivity index (χ0) is 17.6. The van der Waals surface area contributed by atoms with Crippen LogP contribution in [0.5, 0.6) is 0 Å². The molecule has 0 saturated heterocycles. The molecule has 1 amide bonds. The summed E-state index contributed by atoms with van der Waals surface area (Å²) >= 11 is 0. The van der Waals surface area contributed by atoms with Gasteiger partial charge in [-0.2, -0.15) is 4.98 Å². The molecule has 25 heavy (non-hydrogen) atoms. The van der Waals surface area contributed by atoms with Crippen molar-refractivity contribution in [3.63, 3.8) is 0 Å². The minimum Gasteiger partial charge on any atom is -0.334 e. The van der Waals surface area contributed by atoms with Crippen molar-refractivity contribution in [1.29, 1.82) is 0 Å². The Bertz CT molecular complexity index is 947. The summed E-state index contributed by atoms with van der Waals surface area (Å²) in [5.74, 6) is 0.798. The third kappa shape index (κ3) is 2.51. The van der Waals surface area contributed by atoms with Crippen LogP contribution in [0.15, 0.2) is 53.1 Å². The molecule has 1 unspecified atom stereocenters. The molecular weight excluding hydrogens is 316 g/mol. The van der Waals surface area contributed by atoms with Crippen LogP contribution < -0.4 is 11.1 Å². The molecule has 126 valence electrons. The van der Waals surface area contributed by atoms with E-state index in [0.717, 1.165) is 22.4 Å². The van der Waals surface area contributed by atoms with Crippen molar-refractivity contribution in [2.24, 2.45) is 5.73 Å². The Hall–Kier alpha value is -2.99. The highest BCUT2D eigenvalue weighted by atomic mass is 16.5. The highest BCUT2D eigenvalue weighted by molar-refractivity contribution is 6.06. The molecular formula is C19H18N4O2. The second-order valence-electron chi connectivity index (χ2n) is 6.69. The normalized spacial score (nSPS) is 16.4. The summed E-state index contributed by atoms with van der Waals surface area (Å²) in [5.41, 5.74) is 9.05. The maximum atomic E-state index is 12.1. The number of anilines is 1. The van der Waals surface area contributed by atoms with Gasteiger partial charge in [0.05, 0.1) is 11.5 Å². The number of amides is 1. The highest BCUT2D eigenvalue weighted by Crippen LogP contribution is 2.39. The van der Waals surface area contributed by atoms with E-state index in [1.807, 2.05) is 62.4 Å². The zero-order valence-corrected chi connectivity index (χ0v) is 14.0. The smallest absolute Gasteiger partial charge is 0.258 e. The molecule has 0 radical (unpaired) electrons. The fraction of sp³-hybridized carbons (Fsp3) is 0.211. The average molecular weight is 334 g/mol. The molecule has 4 rings (SSSR count). The van der Waals surface area contributed by atoms with Gasteiger partial charge in [0.2, 0.25) is 5.91 Å². The molecule has 2 heterocycles. The van der Waals surface area contributed by atoms with Gasteiger partial charge in [0.15, 0.2) is 5.82 Å². The molecule has 3 N–H and O–H groups in total. The molecule has 0 fully saturated rings. The van der Waals surface area contributed by atoms with Crippen molar-refractivity contribution in [1.82, 2.24) is 10.1 Å². The summed E-state index contributed by atoms with van der Waals surface area (Å²) in [6.45, 7) is 3.78. The van der Waals surface area contributed by atoms with Crippen LogP contribution in [0.4, 0.5) is 5.69 Å². The van der Waals surface area contributed by atoms with Crippen LogP contribution in [-0.4, -0.2) is 16.0 Å². The summed E-state index contributed by atoms with van der Waals surface area (Å²) in [5, 5.41) is 6.91. The first-order chi connectivity index (χ1) is 12.0. The summed E-state index contributed by atoms with van der Waals surface area (Å²) < 4.78 is 5.40. The molecule has 0 aliphatic carbocycles. The lowest BCUT2D eigenvalue weighted by Gasteiger charge is -2.15. The molecule has 0 bridgehead atoms. The van der Waals surface area contributed by atoms with Gasteiger partial charge in [0.1, 0.15) is 0 Å². The maximum Gasteiger partial charge on any atom is 0.258 e. The Morgan fingerprint density at radius 3 is 2.68 bits per heavy atom. The van der Waals surface area contributed by atoms with Gasteiger partial charge in [0, 0.05) is 11.3 Å². The number of hydrogen-bond donors (Lipinski definition) is 2. The number of hydrogen-bond acceptors (Lipinski definition) is 5. The fourth-order valence-electron chi connectivity index (χ4n) is 2.99. The Morgan fingerprint density at radius 2 is 1.92 bits per heavy atom. The number of nitrogens with two attached hydrogens (primary N) is 1. The van der Waals surface area contributed by atoms with E-state index in [9.17, 15) is 4.79 Å². The molecule has 1 aliphatic rings. The van der Waals surface area contributed by atoms with E-state index in [1.165, 1.54) is 0 Å². The van der Waals surface area contributed by atoms with E-state index in [2.05, 4.69) is 15.5 Å². The van der Waals surface area contributed by atoms with Gasteiger partial charge in [-0.15, -0.1) is 0 Å². The van der Waals surface area contributed by atoms with E-state index >= 15 is 0 Å². The van der Waals surface area contributed by atoms with Crippen molar-refractivity contribution >= 4 is 11.6 Å². The van der Waals surface area contributed by atoms with Gasteiger partial charge in [-0.05, 0) is 43.2 Å². The van der Waals surface area contributed by atoms with Gasteiger partial charge >= 0.3 is 0 Å². The minimum absolute atomic E-state index is 0.0167. The largest absolute Gasteiger partial charge is 0.334 e. The van der Waals surface area contributed by atoms with Crippen LogP contribution in [0.3, 0.4) is 0 Å². The van der Waals surface area contributed by atoms with E-state index < -0.39 is 11.5 Å². The molecule has 1 atom stereocenters. The van der Waals surface area contributed by atoms with Gasteiger partial charge in [-0.1, -0.05) is 35.5 Å². The van der Waals surface area contributed by atoms with Gasteiger partial charge in [-0.25, -0.2) is 0 Å². The third-order valence-electron chi connectivity index (χ3n) is 4.63. The minimum atomic E-state index is -0.589. The van der Waals surface area contributed by atoms with E-state index in [1.54, 1.807) is 0 Å². The van der Waals surface area contributed by atoms with E-state index in [4.69, 9.17) is 10.3 Å². The van der Waals surface area contributed by atoms with Gasteiger partial charge < -0.3 is 15.6 Å². The standard InChI is InChI=1S/C19H18N4O2/c1-19(2)13-10-12(8-9-14(13)21-18(19)24)17-22-16(23-25-17)15(20)11-6-4-3-5-7-11/h3-10,15H,20H2,1-2H3,(H,21,24). The number of carbonyl (C=O) groups excluding carboxylic acids is 1. The van der Waals surface area contributed by atoms with Crippen LogP contribution in [0.25, 0.3) is 11.5 Å². The van der Waals surface area contributed by atoms with E-state index in [-0.39, 0.29) is 5.91 Å². The topological polar surface area (TPSA) is 94.0 Å². The highest BCUT2D eigenvalue weighted by Gasteiger charge is 2.38. The first kappa shape index (κ1) is 15.5. The van der Waals surface area contributed by atoms with Crippen LogP contribution in [0, 0.1) is 0 Å². The molecule has 1 aromatic heterocycles.